The fourth-order valence-corrected chi connectivity index (χ4v) is 1.79. The van der Waals surface area contributed by atoms with Gasteiger partial charge in [0.05, 0.1) is 0 Å². The van der Waals surface area contributed by atoms with Gasteiger partial charge in [-0.3, -0.25) is 0 Å². The van der Waals surface area contributed by atoms with Crippen molar-refractivity contribution in [3.05, 3.63) is 15.0 Å². The van der Waals surface area contributed by atoms with Gasteiger partial charge in [0.2, 0.25) is 0 Å². The number of unbranched alkanes of at least 4 members (excludes halogenated alkanes) is 1. The second kappa shape index (κ2) is 7.43. The van der Waals surface area contributed by atoms with Crippen molar-refractivity contribution in [1.29, 1.82) is 0 Å². The molecule has 0 fully saturated rings. The molecule has 0 radical (unpaired) electrons. The van der Waals surface area contributed by atoms with Crippen LogP contribution in [0.5, 0.6) is 0 Å². The molecule has 1 rings (SSSR count). The number of aryl methyl sites for hydroxylation is 1. The van der Waals surface area contributed by atoms with Crippen LogP contribution in [-0.4, -0.2) is 11.3 Å². The molecule has 0 saturated heterocycles. The maximum atomic E-state index is 9.40. The van der Waals surface area contributed by atoms with E-state index in [1.54, 1.807) is 11.3 Å². The van der Waals surface area contributed by atoms with Crippen LogP contribution in [0.1, 0.15) is 24.6 Å². The number of carbonyl (C=O) groups excluding carboxylic acids is 1. The molecule has 68 valence electrons. The van der Waals surface area contributed by atoms with Crippen molar-refractivity contribution in [2.45, 2.75) is 26.7 Å². The molecule has 0 aromatic carbocycles. The molecule has 0 saturated carbocycles. The fourth-order valence-electron chi connectivity index (χ4n) is 0.445. The van der Waals surface area contributed by atoms with E-state index >= 15 is 0 Å². The third-order valence-electron chi connectivity index (χ3n) is 1.000. The Labute approximate surface area is 85.2 Å². The second-order valence-electron chi connectivity index (χ2n) is 2.18. The molecule has 12 heavy (non-hydrogen) atoms. The molecule has 0 amide bonds. The van der Waals surface area contributed by atoms with Gasteiger partial charge in [0.25, 0.3) is 0 Å². The van der Waals surface area contributed by atoms with Gasteiger partial charge in [-0.15, -0.1) is 11.3 Å². The number of aromatic nitrogens is 1. The number of aldehydes is 1. The molecule has 0 unspecified atom stereocenters. The zero-order valence-corrected chi connectivity index (χ0v) is 9.61. The minimum Gasteiger partial charge on any atom is -0.303 e. The van der Waals surface area contributed by atoms with Crippen molar-refractivity contribution in [2.75, 3.05) is 0 Å². The molecule has 1 heterocycles. The van der Waals surface area contributed by atoms with Crippen LogP contribution in [0.2, 0.25) is 0 Å². The second-order valence-corrected chi connectivity index (χ2v) is 4.69. The zero-order chi connectivity index (χ0) is 9.40. The first-order valence-corrected chi connectivity index (χ1v) is 5.33. The average Bonchev–Trinajstić information content (AvgIpc) is 2.38. The predicted molar refractivity (Wildman–Crippen MR) is 55.5 cm³/mol. The van der Waals surface area contributed by atoms with Crippen LogP contribution in [-0.2, 0) is 4.79 Å². The Hall–Kier alpha value is -0.220. The number of carbonyl (C=O) groups is 1. The standard InChI is InChI=1S/C4H4BrNS.C4H8O/c1-3-2-6-4(5)7-3;1-2-3-4-5/h2H,1H3;4H,2-3H2,1H3. The van der Waals surface area contributed by atoms with Gasteiger partial charge in [-0.25, -0.2) is 4.98 Å². The molecular weight excluding hydrogens is 238 g/mol. The van der Waals surface area contributed by atoms with Crippen molar-refractivity contribution < 1.29 is 4.79 Å². The van der Waals surface area contributed by atoms with Crippen molar-refractivity contribution in [2.24, 2.45) is 0 Å². The highest BCUT2D eigenvalue weighted by Gasteiger charge is 1.88. The lowest BCUT2D eigenvalue weighted by Gasteiger charge is -1.68. The molecule has 0 spiro atoms. The van der Waals surface area contributed by atoms with E-state index in [4.69, 9.17) is 0 Å². The van der Waals surface area contributed by atoms with E-state index in [1.165, 1.54) is 4.88 Å². The van der Waals surface area contributed by atoms with Crippen LogP contribution in [0.3, 0.4) is 0 Å². The summed E-state index contributed by atoms with van der Waals surface area (Å²) < 4.78 is 0.963. The normalized spacial score (nSPS) is 8.58. The fraction of sp³-hybridized carbons (Fsp3) is 0.500. The van der Waals surface area contributed by atoms with Gasteiger partial charge in [-0.2, -0.15) is 0 Å². The van der Waals surface area contributed by atoms with Crippen LogP contribution >= 0.6 is 27.3 Å². The maximum absolute atomic E-state index is 9.40. The van der Waals surface area contributed by atoms with E-state index in [-0.39, 0.29) is 0 Å². The molecule has 0 aliphatic carbocycles. The molecule has 0 N–H and O–H groups in total. The summed E-state index contributed by atoms with van der Waals surface area (Å²) in [5.74, 6) is 0. The first-order valence-electron chi connectivity index (χ1n) is 3.72. The summed E-state index contributed by atoms with van der Waals surface area (Å²) in [6, 6.07) is 0. The van der Waals surface area contributed by atoms with Gasteiger partial charge in [-0.05, 0) is 29.3 Å². The molecule has 0 aliphatic heterocycles. The molecule has 0 aliphatic rings. The van der Waals surface area contributed by atoms with Gasteiger partial charge in [0.15, 0.2) is 3.92 Å². The van der Waals surface area contributed by atoms with Crippen molar-refractivity contribution in [1.82, 2.24) is 4.98 Å². The average molecular weight is 250 g/mol. The van der Waals surface area contributed by atoms with E-state index in [0.29, 0.717) is 6.42 Å². The Morgan fingerprint density at radius 1 is 1.75 bits per heavy atom. The highest BCUT2D eigenvalue weighted by atomic mass is 79.9. The van der Waals surface area contributed by atoms with Gasteiger partial charge in [-0.1, -0.05) is 6.92 Å². The molecule has 0 atom stereocenters. The summed E-state index contributed by atoms with van der Waals surface area (Å²) in [6.07, 6.45) is 4.46. The minimum absolute atomic E-state index is 0.708. The number of halogens is 1. The van der Waals surface area contributed by atoms with Crippen molar-refractivity contribution >= 4 is 33.6 Å². The Balaban J connectivity index is 0.000000217. The van der Waals surface area contributed by atoms with E-state index in [2.05, 4.69) is 20.9 Å². The Bertz CT molecular complexity index is 208. The summed E-state index contributed by atoms with van der Waals surface area (Å²) in [5, 5.41) is 0. The van der Waals surface area contributed by atoms with E-state index < -0.39 is 0 Å². The summed E-state index contributed by atoms with van der Waals surface area (Å²) in [5.41, 5.74) is 0. The highest BCUT2D eigenvalue weighted by molar-refractivity contribution is 9.11. The lowest BCUT2D eigenvalue weighted by atomic mass is 10.4. The summed E-state index contributed by atoms with van der Waals surface area (Å²) >= 11 is 4.89. The van der Waals surface area contributed by atoms with Crippen molar-refractivity contribution in [3.63, 3.8) is 0 Å². The van der Waals surface area contributed by atoms with Crippen LogP contribution in [0.4, 0.5) is 0 Å². The Morgan fingerprint density at radius 3 is 2.50 bits per heavy atom. The lowest BCUT2D eigenvalue weighted by Crippen LogP contribution is -1.64. The summed E-state index contributed by atoms with van der Waals surface area (Å²) in [6.45, 7) is 4.01. The van der Waals surface area contributed by atoms with Crippen LogP contribution in [0.25, 0.3) is 0 Å². The molecule has 4 heteroatoms. The first-order chi connectivity index (χ1) is 5.70. The van der Waals surface area contributed by atoms with E-state index in [0.717, 1.165) is 16.6 Å². The lowest BCUT2D eigenvalue weighted by molar-refractivity contribution is -0.107. The monoisotopic (exact) mass is 249 g/mol. The molecule has 0 bridgehead atoms. The van der Waals surface area contributed by atoms with E-state index in [1.807, 2.05) is 20.0 Å². The topological polar surface area (TPSA) is 30.0 Å². The molecular formula is C8H12BrNOS. The number of hydrogen-bond acceptors (Lipinski definition) is 3. The van der Waals surface area contributed by atoms with Gasteiger partial charge < -0.3 is 4.79 Å². The quantitative estimate of drug-likeness (QED) is 0.754. The van der Waals surface area contributed by atoms with E-state index in [9.17, 15) is 4.79 Å². The number of hydrogen-bond donors (Lipinski definition) is 0. The number of nitrogens with zero attached hydrogens (tertiary/aromatic N) is 1. The minimum atomic E-state index is 0.708. The molecule has 1 aromatic rings. The van der Waals surface area contributed by atoms with Crippen LogP contribution in [0, 0.1) is 6.92 Å². The van der Waals surface area contributed by atoms with Gasteiger partial charge >= 0.3 is 0 Å². The first kappa shape index (κ1) is 11.8. The molecule has 1 aromatic heterocycles. The maximum Gasteiger partial charge on any atom is 0.159 e. The third-order valence-corrected chi connectivity index (χ3v) is 2.39. The van der Waals surface area contributed by atoms with Crippen LogP contribution < -0.4 is 0 Å². The SMILES string of the molecule is CCCC=O.Cc1cnc(Br)s1. The van der Waals surface area contributed by atoms with Crippen LogP contribution in [0.15, 0.2) is 10.1 Å². The van der Waals surface area contributed by atoms with Crippen molar-refractivity contribution in [3.8, 4) is 0 Å². The van der Waals surface area contributed by atoms with Gasteiger partial charge in [0, 0.05) is 17.5 Å². The molecule has 2 nitrogen and oxygen atoms in total. The highest BCUT2D eigenvalue weighted by Crippen LogP contribution is 2.16. The predicted octanol–water partition coefficient (Wildman–Crippen LogP) is 3.20. The number of thiazole rings is 1. The Kier molecular flexibility index (Phi) is 7.29. The zero-order valence-electron chi connectivity index (χ0n) is 7.21. The number of rotatable bonds is 2. The largest absolute Gasteiger partial charge is 0.303 e. The smallest absolute Gasteiger partial charge is 0.159 e. The van der Waals surface area contributed by atoms with Gasteiger partial charge in [0.1, 0.15) is 6.29 Å². The summed E-state index contributed by atoms with van der Waals surface area (Å²) in [7, 11) is 0. The third kappa shape index (κ3) is 6.49. The Morgan fingerprint density at radius 2 is 2.42 bits per heavy atom. The summed E-state index contributed by atoms with van der Waals surface area (Å²) in [4.78, 5) is 14.6.